The largest absolute Gasteiger partial charge is 0.298 e. The van der Waals surface area contributed by atoms with E-state index >= 15 is 0 Å². The van der Waals surface area contributed by atoms with Gasteiger partial charge >= 0.3 is 0 Å². The summed E-state index contributed by atoms with van der Waals surface area (Å²) in [5.74, 6) is -0.226. The molecule has 0 radical (unpaired) electrons. The van der Waals surface area contributed by atoms with Crippen LogP contribution in [0.15, 0.2) is 60.8 Å². The van der Waals surface area contributed by atoms with Crippen LogP contribution in [0.2, 0.25) is 5.02 Å². The van der Waals surface area contributed by atoms with Gasteiger partial charge in [-0.1, -0.05) is 59.6 Å². The Morgan fingerprint density at radius 2 is 2.08 bits per heavy atom. The lowest BCUT2D eigenvalue weighted by atomic mass is 10.1. The molecule has 3 aromatic rings. The molecule has 0 atom stereocenters. The molecule has 0 spiro atoms. The highest BCUT2D eigenvalue weighted by Crippen LogP contribution is 2.22. The van der Waals surface area contributed by atoms with Crippen LogP contribution in [0.5, 0.6) is 0 Å². The maximum absolute atomic E-state index is 12.0. The van der Waals surface area contributed by atoms with Gasteiger partial charge in [-0.15, -0.1) is 11.3 Å². The molecule has 126 valence electrons. The lowest BCUT2D eigenvalue weighted by Crippen LogP contribution is -2.07. The molecule has 0 aliphatic carbocycles. The summed E-state index contributed by atoms with van der Waals surface area (Å²) in [4.78, 5) is 17.4. The third kappa shape index (κ3) is 5.02. The predicted octanol–water partition coefficient (Wildman–Crippen LogP) is 5.35. The first-order chi connectivity index (χ1) is 12.1. The van der Waals surface area contributed by atoms with Gasteiger partial charge in [0.25, 0.3) is 0 Å². The summed E-state index contributed by atoms with van der Waals surface area (Å²) in [6.07, 6.45) is 5.77. The lowest BCUT2D eigenvalue weighted by molar-refractivity contribution is -0.111. The summed E-state index contributed by atoms with van der Waals surface area (Å²) in [5.41, 5.74) is 3.28. The monoisotopic (exact) mass is 368 g/mol. The van der Waals surface area contributed by atoms with Crippen molar-refractivity contribution in [2.45, 2.75) is 13.3 Å². The number of anilines is 1. The van der Waals surface area contributed by atoms with E-state index in [1.807, 2.05) is 24.3 Å². The zero-order valence-corrected chi connectivity index (χ0v) is 15.3. The Labute approximate surface area is 156 Å². The predicted molar refractivity (Wildman–Crippen MR) is 105 cm³/mol. The van der Waals surface area contributed by atoms with Crippen molar-refractivity contribution >= 4 is 40.1 Å². The Morgan fingerprint density at radius 1 is 1.24 bits per heavy atom. The molecular formula is C20H17ClN2OS. The van der Waals surface area contributed by atoms with E-state index in [0.717, 1.165) is 16.9 Å². The Kier molecular flexibility index (Phi) is 5.64. The minimum absolute atomic E-state index is 0.226. The van der Waals surface area contributed by atoms with E-state index in [1.54, 1.807) is 18.3 Å². The van der Waals surface area contributed by atoms with Crippen molar-refractivity contribution in [2.75, 3.05) is 5.32 Å². The van der Waals surface area contributed by atoms with E-state index in [-0.39, 0.29) is 5.91 Å². The zero-order valence-electron chi connectivity index (χ0n) is 13.7. The maximum Gasteiger partial charge on any atom is 0.250 e. The van der Waals surface area contributed by atoms with Crippen molar-refractivity contribution in [3.8, 4) is 0 Å². The van der Waals surface area contributed by atoms with Crippen LogP contribution in [0.25, 0.3) is 6.08 Å². The first-order valence-corrected chi connectivity index (χ1v) is 9.03. The fourth-order valence-corrected chi connectivity index (χ4v) is 3.44. The van der Waals surface area contributed by atoms with Gasteiger partial charge in [-0.05, 0) is 30.2 Å². The molecule has 1 aromatic heterocycles. The van der Waals surface area contributed by atoms with E-state index in [0.29, 0.717) is 10.2 Å². The zero-order chi connectivity index (χ0) is 17.6. The third-order valence-electron chi connectivity index (χ3n) is 3.56. The molecule has 0 aliphatic rings. The summed E-state index contributed by atoms with van der Waals surface area (Å²) in [7, 11) is 0. The van der Waals surface area contributed by atoms with Crippen LogP contribution in [-0.2, 0) is 11.2 Å². The highest BCUT2D eigenvalue weighted by atomic mass is 35.5. The minimum Gasteiger partial charge on any atom is -0.298 e. The number of hydrogen-bond donors (Lipinski definition) is 1. The average Bonchev–Trinajstić information content (AvgIpc) is 3.01. The van der Waals surface area contributed by atoms with Crippen molar-refractivity contribution < 1.29 is 4.79 Å². The molecular weight excluding hydrogens is 352 g/mol. The SMILES string of the molecule is Cc1cccc(Cc2cnc(NC(=O)C=Cc3ccccc3Cl)s2)c1. The first-order valence-electron chi connectivity index (χ1n) is 7.84. The lowest BCUT2D eigenvalue weighted by Gasteiger charge is -2.00. The fraction of sp³-hybridized carbons (Fsp3) is 0.100. The normalized spacial score (nSPS) is 11.0. The summed E-state index contributed by atoms with van der Waals surface area (Å²) >= 11 is 7.55. The average molecular weight is 369 g/mol. The number of aryl methyl sites for hydroxylation is 1. The molecule has 1 N–H and O–H groups in total. The van der Waals surface area contributed by atoms with Crippen molar-refractivity contribution in [2.24, 2.45) is 0 Å². The van der Waals surface area contributed by atoms with Gasteiger partial charge in [0.1, 0.15) is 0 Å². The van der Waals surface area contributed by atoms with Crippen molar-refractivity contribution in [3.63, 3.8) is 0 Å². The van der Waals surface area contributed by atoms with Crippen LogP contribution in [0.3, 0.4) is 0 Å². The number of carbonyl (C=O) groups excluding carboxylic acids is 1. The number of halogens is 1. The number of rotatable bonds is 5. The number of aromatic nitrogens is 1. The van der Waals surface area contributed by atoms with E-state index in [4.69, 9.17) is 11.6 Å². The highest BCUT2D eigenvalue weighted by molar-refractivity contribution is 7.15. The van der Waals surface area contributed by atoms with Crippen molar-refractivity contribution in [1.29, 1.82) is 0 Å². The Hall–Kier alpha value is -2.43. The van der Waals surface area contributed by atoms with Gasteiger partial charge in [-0.25, -0.2) is 4.98 Å². The first kappa shape index (κ1) is 17.4. The number of benzene rings is 2. The Balaban J connectivity index is 1.61. The molecule has 25 heavy (non-hydrogen) atoms. The van der Waals surface area contributed by atoms with E-state index < -0.39 is 0 Å². The van der Waals surface area contributed by atoms with E-state index in [9.17, 15) is 4.79 Å². The second-order valence-corrected chi connectivity index (χ2v) is 7.16. The number of carbonyl (C=O) groups is 1. The van der Waals surface area contributed by atoms with E-state index in [1.165, 1.54) is 28.5 Å². The van der Waals surface area contributed by atoms with Crippen molar-refractivity contribution in [1.82, 2.24) is 4.98 Å². The number of nitrogens with one attached hydrogen (secondary N) is 1. The molecule has 1 amide bonds. The van der Waals surface area contributed by atoms with Gasteiger partial charge in [0, 0.05) is 28.6 Å². The standard InChI is InChI=1S/C20H17ClN2OS/c1-14-5-4-6-15(11-14)12-17-13-22-20(25-17)23-19(24)10-9-16-7-2-3-8-18(16)21/h2-11,13H,12H2,1H3,(H,22,23,24). The van der Waals surface area contributed by atoms with Crippen LogP contribution in [-0.4, -0.2) is 10.9 Å². The maximum atomic E-state index is 12.0. The number of hydrogen-bond acceptors (Lipinski definition) is 3. The van der Waals surface area contributed by atoms with Gasteiger partial charge in [0.05, 0.1) is 0 Å². The molecule has 2 aromatic carbocycles. The van der Waals surface area contributed by atoms with Gasteiger partial charge in [-0.3, -0.25) is 10.1 Å². The quantitative estimate of drug-likeness (QED) is 0.617. The number of nitrogens with zero attached hydrogens (tertiary/aromatic N) is 1. The summed E-state index contributed by atoms with van der Waals surface area (Å²) in [6.45, 7) is 2.08. The molecule has 0 unspecified atom stereocenters. The molecule has 0 saturated carbocycles. The second kappa shape index (κ2) is 8.10. The van der Waals surface area contributed by atoms with Crippen LogP contribution in [0.1, 0.15) is 21.6 Å². The number of amides is 1. The molecule has 3 nitrogen and oxygen atoms in total. The fourth-order valence-electron chi connectivity index (χ4n) is 2.39. The van der Waals surface area contributed by atoms with Gasteiger partial charge in [0.15, 0.2) is 5.13 Å². The van der Waals surface area contributed by atoms with Gasteiger partial charge < -0.3 is 0 Å². The molecule has 0 aliphatic heterocycles. The topological polar surface area (TPSA) is 42.0 Å². The molecule has 3 rings (SSSR count). The number of thiazole rings is 1. The minimum atomic E-state index is -0.226. The van der Waals surface area contributed by atoms with Crippen LogP contribution in [0.4, 0.5) is 5.13 Å². The Bertz CT molecular complexity index is 917. The highest BCUT2D eigenvalue weighted by Gasteiger charge is 2.06. The third-order valence-corrected chi connectivity index (χ3v) is 4.82. The molecule has 0 saturated heterocycles. The van der Waals surface area contributed by atoms with Crippen LogP contribution >= 0.6 is 22.9 Å². The molecule has 0 bridgehead atoms. The second-order valence-electron chi connectivity index (χ2n) is 5.64. The Morgan fingerprint density at radius 3 is 2.88 bits per heavy atom. The smallest absolute Gasteiger partial charge is 0.250 e. The summed E-state index contributed by atoms with van der Waals surface area (Å²) in [6, 6.07) is 15.8. The summed E-state index contributed by atoms with van der Waals surface area (Å²) in [5, 5.41) is 3.99. The van der Waals surface area contributed by atoms with E-state index in [2.05, 4.69) is 35.4 Å². The van der Waals surface area contributed by atoms with Crippen LogP contribution in [0, 0.1) is 6.92 Å². The van der Waals surface area contributed by atoms with Crippen molar-refractivity contribution in [3.05, 3.63) is 87.4 Å². The van der Waals surface area contributed by atoms with Gasteiger partial charge in [0.2, 0.25) is 5.91 Å². The molecule has 1 heterocycles. The van der Waals surface area contributed by atoms with Crippen LogP contribution < -0.4 is 5.32 Å². The van der Waals surface area contributed by atoms with Gasteiger partial charge in [-0.2, -0.15) is 0 Å². The molecule has 5 heteroatoms. The summed E-state index contributed by atoms with van der Waals surface area (Å²) < 4.78 is 0. The molecule has 0 fully saturated rings.